The molecular formula is C47H31N3. The summed E-state index contributed by atoms with van der Waals surface area (Å²) in [6, 6.07) is 62.8. The van der Waals surface area contributed by atoms with Gasteiger partial charge in [-0.1, -0.05) is 146 Å². The highest BCUT2D eigenvalue weighted by atomic mass is 15.0. The van der Waals surface area contributed by atoms with E-state index in [-0.39, 0.29) is 0 Å². The van der Waals surface area contributed by atoms with Crippen LogP contribution in [0.1, 0.15) is 11.1 Å². The van der Waals surface area contributed by atoms with Gasteiger partial charge in [0.1, 0.15) is 0 Å². The van der Waals surface area contributed by atoms with Crippen molar-refractivity contribution in [3.63, 3.8) is 0 Å². The van der Waals surface area contributed by atoms with E-state index in [1.54, 1.807) is 0 Å². The maximum Gasteiger partial charge on any atom is 0.160 e. The highest BCUT2D eigenvalue weighted by Crippen LogP contribution is 2.43. The lowest BCUT2D eigenvalue weighted by Crippen LogP contribution is -1.99. The molecule has 0 N–H and O–H groups in total. The summed E-state index contributed by atoms with van der Waals surface area (Å²) in [6.07, 6.45) is 0.801. The van der Waals surface area contributed by atoms with Crippen LogP contribution in [0.15, 0.2) is 176 Å². The van der Waals surface area contributed by atoms with Crippen LogP contribution >= 0.6 is 0 Å². The minimum absolute atomic E-state index is 0.760. The summed E-state index contributed by atoms with van der Waals surface area (Å²) in [5, 5.41) is 2.53. The summed E-state index contributed by atoms with van der Waals surface area (Å²) in [5.74, 6) is 0.760. The van der Waals surface area contributed by atoms with E-state index in [2.05, 4.69) is 162 Å². The number of hydrogen-bond acceptors (Lipinski definition) is 2. The van der Waals surface area contributed by atoms with Crippen molar-refractivity contribution in [2.75, 3.05) is 0 Å². The molecule has 7 aromatic carbocycles. The predicted molar refractivity (Wildman–Crippen MR) is 206 cm³/mol. The highest BCUT2D eigenvalue weighted by molar-refractivity contribution is 6.15. The number of aromatic nitrogens is 3. The van der Waals surface area contributed by atoms with Gasteiger partial charge in [0.2, 0.25) is 0 Å². The lowest BCUT2D eigenvalue weighted by atomic mass is 9.94. The Labute approximate surface area is 290 Å². The van der Waals surface area contributed by atoms with Crippen LogP contribution in [0.25, 0.3) is 83.6 Å². The first-order chi connectivity index (χ1) is 24.8. The lowest BCUT2D eigenvalue weighted by molar-refractivity contribution is 1.13. The molecule has 0 amide bonds. The molecule has 234 valence electrons. The Morgan fingerprint density at radius 2 is 1.04 bits per heavy atom. The molecule has 2 heterocycles. The summed E-state index contributed by atoms with van der Waals surface area (Å²) < 4.78 is 2.38. The molecule has 50 heavy (non-hydrogen) atoms. The molecule has 10 rings (SSSR count). The van der Waals surface area contributed by atoms with Crippen molar-refractivity contribution in [3.8, 4) is 61.8 Å². The van der Waals surface area contributed by atoms with Gasteiger partial charge in [-0.3, -0.25) is 0 Å². The molecule has 9 aromatic rings. The Morgan fingerprint density at radius 3 is 1.86 bits per heavy atom. The van der Waals surface area contributed by atoms with Crippen molar-refractivity contribution in [3.05, 3.63) is 187 Å². The molecule has 3 heteroatoms. The normalized spacial score (nSPS) is 11.9. The van der Waals surface area contributed by atoms with E-state index in [1.807, 2.05) is 18.2 Å². The predicted octanol–water partition coefficient (Wildman–Crippen LogP) is 11.8. The maximum absolute atomic E-state index is 5.17. The van der Waals surface area contributed by atoms with Crippen LogP contribution in [0.2, 0.25) is 0 Å². The van der Waals surface area contributed by atoms with E-state index in [4.69, 9.17) is 9.97 Å². The number of nitrogens with zero attached hydrogens (tertiary/aromatic N) is 3. The van der Waals surface area contributed by atoms with Gasteiger partial charge in [-0.2, -0.15) is 0 Å². The van der Waals surface area contributed by atoms with Gasteiger partial charge in [0, 0.05) is 45.1 Å². The minimum Gasteiger partial charge on any atom is -0.309 e. The number of fused-ring (bicyclic) bond motifs is 6. The third-order valence-corrected chi connectivity index (χ3v) is 10.0. The van der Waals surface area contributed by atoms with Crippen molar-refractivity contribution in [2.45, 2.75) is 6.42 Å². The summed E-state index contributed by atoms with van der Waals surface area (Å²) in [5.41, 5.74) is 16.3. The highest BCUT2D eigenvalue weighted by Gasteiger charge is 2.26. The Balaban J connectivity index is 1.08. The second kappa shape index (κ2) is 11.5. The van der Waals surface area contributed by atoms with Gasteiger partial charge in [-0.05, 0) is 58.1 Å². The van der Waals surface area contributed by atoms with E-state index < -0.39 is 0 Å². The molecule has 0 atom stereocenters. The zero-order valence-electron chi connectivity index (χ0n) is 27.3. The zero-order chi connectivity index (χ0) is 33.0. The second-order valence-electron chi connectivity index (χ2n) is 13.0. The first kappa shape index (κ1) is 28.4. The molecule has 2 aromatic heterocycles. The summed E-state index contributed by atoms with van der Waals surface area (Å²) in [4.78, 5) is 10.3. The fourth-order valence-corrected chi connectivity index (χ4v) is 7.75. The molecule has 0 radical (unpaired) electrons. The van der Waals surface area contributed by atoms with E-state index >= 15 is 0 Å². The molecule has 0 spiro atoms. The second-order valence-corrected chi connectivity index (χ2v) is 13.0. The van der Waals surface area contributed by atoms with E-state index in [1.165, 1.54) is 66.4 Å². The van der Waals surface area contributed by atoms with Gasteiger partial charge in [-0.15, -0.1) is 0 Å². The van der Waals surface area contributed by atoms with Crippen molar-refractivity contribution in [1.82, 2.24) is 14.5 Å². The summed E-state index contributed by atoms with van der Waals surface area (Å²) in [7, 11) is 0. The Hall–Kier alpha value is -6.58. The van der Waals surface area contributed by atoms with E-state index in [0.717, 1.165) is 34.8 Å². The number of benzene rings is 7. The van der Waals surface area contributed by atoms with Gasteiger partial charge in [-0.25, -0.2) is 9.97 Å². The van der Waals surface area contributed by atoms with Gasteiger partial charge in [0.15, 0.2) is 5.82 Å². The molecular weight excluding hydrogens is 607 g/mol. The quantitative estimate of drug-likeness (QED) is 0.188. The van der Waals surface area contributed by atoms with Gasteiger partial charge >= 0.3 is 0 Å². The van der Waals surface area contributed by atoms with Crippen LogP contribution < -0.4 is 0 Å². The third-order valence-electron chi connectivity index (χ3n) is 10.0. The van der Waals surface area contributed by atoms with Gasteiger partial charge in [0.05, 0.1) is 22.4 Å². The SMILES string of the molecule is c1ccc(-c2nc(-c3ccccc3)c3c(n2)-c2ccc(-c4cccc(-c5cccc6c5c5ccccc5n6-c5ccccc5)c4)cc2C3)cc1. The van der Waals surface area contributed by atoms with Crippen LogP contribution in [-0.4, -0.2) is 14.5 Å². The molecule has 0 saturated carbocycles. The van der Waals surface area contributed by atoms with Gasteiger partial charge in [0.25, 0.3) is 0 Å². The molecule has 0 fully saturated rings. The molecule has 0 unspecified atom stereocenters. The van der Waals surface area contributed by atoms with Crippen LogP contribution in [0.5, 0.6) is 0 Å². The first-order valence-corrected chi connectivity index (χ1v) is 17.1. The monoisotopic (exact) mass is 637 g/mol. The molecule has 1 aliphatic carbocycles. The van der Waals surface area contributed by atoms with Crippen LogP contribution in [0.4, 0.5) is 0 Å². The smallest absolute Gasteiger partial charge is 0.160 e. The lowest BCUT2D eigenvalue weighted by Gasteiger charge is -2.11. The van der Waals surface area contributed by atoms with E-state index in [9.17, 15) is 0 Å². The molecule has 3 nitrogen and oxygen atoms in total. The largest absolute Gasteiger partial charge is 0.309 e. The third kappa shape index (κ3) is 4.59. The Morgan fingerprint density at radius 1 is 0.420 bits per heavy atom. The minimum atomic E-state index is 0.760. The topological polar surface area (TPSA) is 30.7 Å². The fraction of sp³-hybridized carbons (Fsp3) is 0.0213. The van der Waals surface area contributed by atoms with E-state index in [0.29, 0.717) is 0 Å². The fourth-order valence-electron chi connectivity index (χ4n) is 7.75. The van der Waals surface area contributed by atoms with Crippen molar-refractivity contribution >= 4 is 21.8 Å². The van der Waals surface area contributed by atoms with Crippen molar-refractivity contribution < 1.29 is 0 Å². The average molecular weight is 638 g/mol. The summed E-state index contributed by atoms with van der Waals surface area (Å²) >= 11 is 0. The molecule has 0 aliphatic heterocycles. The van der Waals surface area contributed by atoms with Crippen LogP contribution in [0.3, 0.4) is 0 Å². The Kier molecular flexibility index (Phi) is 6.56. The number of rotatable bonds is 5. The number of para-hydroxylation sites is 2. The van der Waals surface area contributed by atoms with Crippen molar-refractivity contribution in [2.24, 2.45) is 0 Å². The average Bonchev–Trinajstić information content (AvgIpc) is 3.74. The molecule has 0 saturated heterocycles. The number of hydrogen-bond donors (Lipinski definition) is 0. The van der Waals surface area contributed by atoms with Crippen molar-refractivity contribution in [1.29, 1.82) is 0 Å². The standard InChI is InChI=1S/C47H31N3/c1-4-14-31(15-5-1)45-41-30-36-29-34(26-27-39(36)46(41)49-47(48-45)32-16-6-2-7-17-32)33-18-12-19-35(28-33)38-23-13-25-43-44(38)40-22-10-11-24-42(40)50(43)37-20-8-3-9-21-37/h1-29H,30H2. The van der Waals surface area contributed by atoms with Crippen LogP contribution in [0, 0.1) is 0 Å². The first-order valence-electron chi connectivity index (χ1n) is 17.1. The maximum atomic E-state index is 5.17. The van der Waals surface area contributed by atoms with Crippen LogP contribution in [-0.2, 0) is 6.42 Å². The zero-order valence-corrected chi connectivity index (χ0v) is 27.3. The van der Waals surface area contributed by atoms with Gasteiger partial charge < -0.3 is 4.57 Å². The molecule has 0 bridgehead atoms. The Bertz CT molecular complexity index is 2710. The summed E-state index contributed by atoms with van der Waals surface area (Å²) in [6.45, 7) is 0. The molecule has 1 aliphatic rings.